The zero-order valence-electron chi connectivity index (χ0n) is 13.2. The molecule has 2 aromatic carbocycles. The van der Waals surface area contributed by atoms with Crippen LogP contribution < -0.4 is 14.8 Å². The molecule has 2 aromatic rings. The summed E-state index contributed by atoms with van der Waals surface area (Å²) in [7, 11) is 1.60. The van der Waals surface area contributed by atoms with Crippen molar-refractivity contribution in [3.63, 3.8) is 0 Å². The third kappa shape index (κ3) is 5.49. The molecule has 1 N–H and O–H groups in total. The highest BCUT2D eigenvalue weighted by atomic mass is 35.5. The van der Waals surface area contributed by atoms with E-state index in [-0.39, 0.29) is 11.9 Å². The van der Waals surface area contributed by atoms with Crippen LogP contribution in [0.15, 0.2) is 48.5 Å². The Morgan fingerprint density at radius 3 is 2.61 bits per heavy atom. The van der Waals surface area contributed by atoms with Crippen molar-refractivity contribution in [3.05, 3.63) is 59.1 Å². The third-order valence-electron chi connectivity index (χ3n) is 3.22. The lowest BCUT2D eigenvalue weighted by Crippen LogP contribution is -2.37. The average Bonchev–Trinajstić information content (AvgIpc) is 2.53. The smallest absolute Gasteiger partial charge is 0.224 e. The number of rotatable bonds is 7. The Bertz CT molecular complexity index is 660. The highest BCUT2D eigenvalue weighted by Crippen LogP contribution is 2.25. The minimum absolute atomic E-state index is 0.0663. The molecule has 0 spiro atoms. The summed E-state index contributed by atoms with van der Waals surface area (Å²) in [5.41, 5.74) is 0.882. The van der Waals surface area contributed by atoms with Gasteiger partial charge in [0.1, 0.15) is 6.61 Å². The molecule has 0 bridgehead atoms. The van der Waals surface area contributed by atoms with Gasteiger partial charge >= 0.3 is 0 Å². The Labute approximate surface area is 141 Å². The second kappa shape index (κ2) is 8.44. The van der Waals surface area contributed by atoms with Gasteiger partial charge in [-0.05, 0) is 36.8 Å². The Kier molecular flexibility index (Phi) is 6.29. The number of carbonyl (C=O) groups is 1. The maximum atomic E-state index is 12.0. The van der Waals surface area contributed by atoms with Gasteiger partial charge < -0.3 is 14.8 Å². The largest absolute Gasteiger partial charge is 0.493 e. The van der Waals surface area contributed by atoms with Gasteiger partial charge in [0.15, 0.2) is 11.5 Å². The Hall–Kier alpha value is -2.20. The fourth-order valence-electron chi connectivity index (χ4n) is 2.15. The number of benzene rings is 2. The lowest BCUT2D eigenvalue weighted by molar-refractivity contribution is -0.121. The molecule has 0 saturated heterocycles. The van der Waals surface area contributed by atoms with E-state index < -0.39 is 0 Å². The number of carbonyl (C=O) groups excluding carboxylic acids is 1. The van der Waals surface area contributed by atoms with Crippen LogP contribution in [0.3, 0.4) is 0 Å². The molecule has 2 rings (SSSR count). The number of nitrogens with one attached hydrogen (secondary N) is 1. The summed E-state index contributed by atoms with van der Waals surface area (Å²) in [6.07, 6.45) is 0.291. The summed E-state index contributed by atoms with van der Waals surface area (Å²) in [6, 6.07) is 14.6. The standard InChI is InChI=1S/C18H20ClNO3/c1-13(12-23-17-9-4-3-8-16(17)22-2)20-18(21)11-14-6-5-7-15(19)10-14/h3-10,13H,11-12H2,1-2H3,(H,20,21)/t13-/m1/s1. The van der Waals surface area contributed by atoms with E-state index in [1.54, 1.807) is 19.2 Å². The zero-order valence-corrected chi connectivity index (χ0v) is 14.0. The molecular weight excluding hydrogens is 314 g/mol. The average molecular weight is 334 g/mol. The number of hydrogen-bond acceptors (Lipinski definition) is 3. The van der Waals surface area contributed by atoms with Crippen molar-refractivity contribution in [3.8, 4) is 11.5 Å². The molecule has 0 heterocycles. The second-order valence-electron chi connectivity index (χ2n) is 5.24. The lowest BCUT2D eigenvalue weighted by atomic mass is 10.1. The Morgan fingerprint density at radius 2 is 1.91 bits per heavy atom. The van der Waals surface area contributed by atoms with Crippen LogP contribution in [0.4, 0.5) is 0 Å². The van der Waals surface area contributed by atoms with Gasteiger partial charge in [-0.15, -0.1) is 0 Å². The molecule has 0 aliphatic heterocycles. The number of halogens is 1. The van der Waals surface area contributed by atoms with Crippen LogP contribution in [-0.4, -0.2) is 25.7 Å². The SMILES string of the molecule is COc1ccccc1OC[C@@H](C)NC(=O)Cc1cccc(Cl)c1. The fourth-order valence-corrected chi connectivity index (χ4v) is 2.37. The van der Waals surface area contributed by atoms with Crippen LogP contribution >= 0.6 is 11.6 Å². The van der Waals surface area contributed by atoms with Crippen molar-refractivity contribution in [1.82, 2.24) is 5.32 Å². The van der Waals surface area contributed by atoms with Gasteiger partial charge in [-0.1, -0.05) is 35.9 Å². The number of para-hydroxylation sites is 2. The summed E-state index contributed by atoms with van der Waals surface area (Å²) in [5.74, 6) is 1.26. The van der Waals surface area contributed by atoms with Gasteiger partial charge in [0.2, 0.25) is 5.91 Å². The number of methoxy groups -OCH3 is 1. The van der Waals surface area contributed by atoms with Crippen molar-refractivity contribution in [2.75, 3.05) is 13.7 Å². The van der Waals surface area contributed by atoms with Crippen molar-refractivity contribution in [1.29, 1.82) is 0 Å². The van der Waals surface area contributed by atoms with Crippen molar-refractivity contribution >= 4 is 17.5 Å². The normalized spacial score (nSPS) is 11.6. The molecule has 1 atom stereocenters. The van der Waals surface area contributed by atoms with Crippen molar-refractivity contribution in [2.24, 2.45) is 0 Å². The van der Waals surface area contributed by atoms with Crippen molar-refractivity contribution in [2.45, 2.75) is 19.4 Å². The minimum Gasteiger partial charge on any atom is -0.493 e. The fraction of sp³-hybridized carbons (Fsp3) is 0.278. The van der Waals surface area contributed by atoms with E-state index in [2.05, 4.69) is 5.32 Å². The monoisotopic (exact) mass is 333 g/mol. The van der Waals surface area contributed by atoms with E-state index >= 15 is 0 Å². The van der Waals surface area contributed by atoms with Crippen LogP contribution in [0.25, 0.3) is 0 Å². The first kappa shape index (κ1) is 17.2. The minimum atomic E-state index is -0.119. The van der Waals surface area contributed by atoms with Gasteiger partial charge in [0.25, 0.3) is 0 Å². The molecule has 5 heteroatoms. The highest BCUT2D eigenvalue weighted by Gasteiger charge is 2.10. The van der Waals surface area contributed by atoms with Gasteiger partial charge in [-0.25, -0.2) is 0 Å². The molecule has 0 aliphatic carbocycles. The quantitative estimate of drug-likeness (QED) is 0.844. The number of amides is 1. The first-order chi connectivity index (χ1) is 11.1. The Balaban J connectivity index is 1.82. The van der Waals surface area contributed by atoms with E-state index in [9.17, 15) is 4.79 Å². The molecule has 0 fully saturated rings. The number of hydrogen-bond donors (Lipinski definition) is 1. The molecule has 0 aliphatic rings. The molecule has 0 unspecified atom stereocenters. The van der Waals surface area contributed by atoms with E-state index in [1.807, 2.05) is 43.3 Å². The lowest BCUT2D eigenvalue weighted by Gasteiger charge is -2.16. The van der Waals surface area contributed by atoms with E-state index in [0.717, 1.165) is 5.56 Å². The molecule has 122 valence electrons. The second-order valence-corrected chi connectivity index (χ2v) is 5.67. The van der Waals surface area contributed by atoms with Crippen LogP contribution in [0.5, 0.6) is 11.5 Å². The van der Waals surface area contributed by atoms with E-state index in [1.165, 1.54) is 0 Å². The van der Waals surface area contributed by atoms with Crippen molar-refractivity contribution < 1.29 is 14.3 Å². The van der Waals surface area contributed by atoms with Crippen LogP contribution in [0.2, 0.25) is 5.02 Å². The van der Waals surface area contributed by atoms with Crippen LogP contribution in [0, 0.1) is 0 Å². The first-order valence-corrected chi connectivity index (χ1v) is 7.76. The topological polar surface area (TPSA) is 47.6 Å². The zero-order chi connectivity index (χ0) is 16.7. The summed E-state index contributed by atoms with van der Waals surface area (Å²) < 4.78 is 10.9. The van der Waals surface area contributed by atoms with Gasteiger partial charge in [-0.3, -0.25) is 4.79 Å². The van der Waals surface area contributed by atoms with Gasteiger partial charge in [0, 0.05) is 5.02 Å². The summed E-state index contributed by atoms with van der Waals surface area (Å²) in [6.45, 7) is 2.26. The predicted molar refractivity (Wildman–Crippen MR) is 91.2 cm³/mol. The molecular formula is C18H20ClNO3. The van der Waals surface area contributed by atoms with Crippen LogP contribution in [-0.2, 0) is 11.2 Å². The molecule has 0 radical (unpaired) electrons. The van der Waals surface area contributed by atoms with Gasteiger partial charge in [0.05, 0.1) is 19.6 Å². The maximum Gasteiger partial charge on any atom is 0.224 e. The summed E-state index contributed by atoms with van der Waals surface area (Å²) >= 11 is 5.92. The molecule has 4 nitrogen and oxygen atoms in total. The molecule has 0 aromatic heterocycles. The Morgan fingerprint density at radius 1 is 1.17 bits per heavy atom. The maximum absolute atomic E-state index is 12.0. The highest BCUT2D eigenvalue weighted by molar-refractivity contribution is 6.30. The predicted octanol–water partition coefficient (Wildman–Crippen LogP) is 3.47. The van der Waals surface area contributed by atoms with E-state index in [0.29, 0.717) is 29.5 Å². The molecule has 23 heavy (non-hydrogen) atoms. The van der Waals surface area contributed by atoms with Gasteiger partial charge in [-0.2, -0.15) is 0 Å². The van der Waals surface area contributed by atoms with E-state index in [4.69, 9.17) is 21.1 Å². The number of ether oxygens (including phenoxy) is 2. The third-order valence-corrected chi connectivity index (χ3v) is 3.45. The first-order valence-electron chi connectivity index (χ1n) is 7.38. The summed E-state index contributed by atoms with van der Waals surface area (Å²) in [4.78, 5) is 12.0. The summed E-state index contributed by atoms with van der Waals surface area (Å²) in [5, 5.41) is 3.54. The molecule has 0 saturated carbocycles. The molecule has 1 amide bonds. The van der Waals surface area contributed by atoms with Crippen LogP contribution in [0.1, 0.15) is 12.5 Å².